The van der Waals surface area contributed by atoms with Gasteiger partial charge in [-0.1, -0.05) is 24.1 Å². The van der Waals surface area contributed by atoms with E-state index in [2.05, 4.69) is 10.1 Å². The molecule has 0 atom stereocenters. The van der Waals surface area contributed by atoms with E-state index in [1.807, 2.05) is 23.6 Å². The number of hydrogen-bond donors (Lipinski definition) is 0. The summed E-state index contributed by atoms with van der Waals surface area (Å²) in [5, 5.41) is 14.3. The third kappa shape index (κ3) is 6.78. The summed E-state index contributed by atoms with van der Waals surface area (Å²) in [7, 11) is 0. The van der Waals surface area contributed by atoms with Crippen LogP contribution in [0.2, 0.25) is 0 Å². The fourth-order valence-corrected chi connectivity index (χ4v) is 4.21. The molecule has 1 aliphatic heterocycles. The minimum Gasteiger partial charge on any atom is -0.465 e. The Hall–Kier alpha value is -2.50. The Morgan fingerprint density at radius 1 is 1.30 bits per heavy atom. The zero-order chi connectivity index (χ0) is 21.2. The molecule has 0 aliphatic carbocycles. The molecule has 0 amide bonds. The van der Waals surface area contributed by atoms with Gasteiger partial charge in [0.05, 0.1) is 23.8 Å². The van der Waals surface area contributed by atoms with Crippen LogP contribution in [-0.4, -0.2) is 48.1 Å². The van der Waals surface area contributed by atoms with Gasteiger partial charge < -0.3 is 14.2 Å². The van der Waals surface area contributed by atoms with E-state index in [9.17, 15) is 9.59 Å². The van der Waals surface area contributed by atoms with Gasteiger partial charge in [-0.3, -0.25) is 9.59 Å². The molecule has 0 radical (unpaired) electrons. The van der Waals surface area contributed by atoms with E-state index >= 15 is 0 Å². The Morgan fingerprint density at radius 2 is 2.13 bits per heavy atom. The van der Waals surface area contributed by atoms with Crippen LogP contribution in [0, 0.1) is 17.2 Å². The number of carbonyl (C=O) groups is 2. The van der Waals surface area contributed by atoms with Gasteiger partial charge in [0.2, 0.25) is 0 Å². The summed E-state index contributed by atoms with van der Waals surface area (Å²) in [5.41, 5.74) is 0.413. The summed E-state index contributed by atoms with van der Waals surface area (Å²) in [4.78, 5) is 27.2. The van der Waals surface area contributed by atoms with Gasteiger partial charge >= 0.3 is 5.97 Å². The Balaban J connectivity index is 1.20. The first kappa shape index (κ1) is 22.2. The van der Waals surface area contributed by atoms with Crippen LogP contribution < -0.4 is 0 Å². The summed E-state index contributed by atoms with van der Waals surface area (Å²) < 4.78 is 10.3. The number of Topliss-reactive ketones (excluding diaryl/α,β-unsaturated/α-hetero) is 1. The lowest BCUT2D eigenvalue weighted by atomic mass is 9.96. The molecular weight excluding hydrogens is 402 g/mol. The van der Waals surface area contributed by atoms with Crippen molar-refractivity contribution in [3.63, 3.8) is 0 Å². The number of rotatable bonds is 13. The van der Waals surface area contributed by atoms with Gasteiger partial charge in [0, 0.05) is 25.6 Å². The molecule has 1 fully saturated rings. The second-order valence-electron chi connectivity index (χ2n) is 7.60. The molecule has 0 saturated carbocycles. The molecule has 2 aromatic heterocycles. The van der Waals surface area contributed by atoms with Crippen molar-refractivity contribution in [3.8, 4) is 16.7 Å². The number of thiophene rings is 1. The normalized spacial score (nSPS) is 14.2. The predicted octanol–water partition coefficient (Wildman–Crippen LogP) is 4.32. The maximum atomic E-state index is 12.3. The second-order valence-corrected chi connectivity index (χ2v) is 8.55. The smallest absolute Gasteiger partial charge is 0.306 e. The minimum atomic E-state index is -0.200. The van der Waals surface area contributed by atoms with Crippen molar-refractivity contribution in [2.75, 3.05) is 26.2 Å². The number of esters is 1. The first-order valence-corrected chi connectivity index (χ1v) is 11.3. The van der Waals surface area contributed by atoms with Gasteiger partial charge in [-0.2, -0.15) is 5.26 Å². The SMILES string of the molecule is N#CCCOC(=O)CC1CN(CCCCCCC(=O)c2cc(-c3cccs3)on2)C1. The number of nitriles is 1. The van der Waals surface area contributed by atoms with Crippen LogP contribution in [-0.2, 0) is 9.53 Å². The topological polar surface area (TPSA) is 96.4 Å². The first-order valence-electron chi connectivity index (χ1n) is 10.4. The van der Waals surface area contributed by atoms with Gasteiger partial charge in [0.15, 0.2) is 11.5 Å². The van der Waals surface area contributed by atoms with E-state index in [4.69, 9.17) is 14.5 Å². The molecule has 160 valence electrons. The molecule has 0 unspecified atom stereocenters. The molecule has 1 aliphatic rings. The quantitative estimate of drug-likeness (QED) is 0.266. The Labute approximate surface area is 180 Å². The van der Waals surface area contributed by atoms with Crippen molar-refractivity contribution in [1.82, 2.24) is 10.1 Å². The molecule has 30 heavy (non-hydrogen) atoms. The van der Waals surface area contributed by atoms with Crippen molar-refractivity contribution in [2.24, 2.45) is 5.92 Å². The van der Waals surface area contributed by atoms with E-state index in [-0.39, 0.29) is 24.8 Å². The van der Waals surface area contributed by atoms with Gasteiger partial charge in [-0.25, -0.2) is 0 Å². The van der Waals surface area contributed by atoms with Crippen LogP contribution >= 0.6 is 11.3 Å². The largest absolute Gasteiger partial charge is 0.465 e. The lowest BCUT2D eigenvalue weighted by Gasteiger charge is -2.38. The van der Waals surface area contributed by atoms with Crippen molar-refractivity contribution in [1.29, 1.82) is 5.26 Å². The van der Waals surface area contributed by atoms with Crippen molar-refractivity contribution in [3.05, 3.63) is 29.3 Å². The molecule has 0 bridgehead atoms. The summed E-state index contributed by atoms with van der Waals surface area (Å²) in [6, 6.07) is 7.58. The fraction of sp³-hybridized carbons (Fsp3) is 0.545. The predicted molar refractivity (Wildman–Crippen MR) is 113 cm³/mol. The van der Waals surface area contributed by atoms with Gasteiger partial charge in [0.1, 0.15) is 12.3 Å². The number of unbranched alkanes of at least 4 members (excludes halogenated alkanes) is 3. The Bertz CT molecular complexity index is 850. The lowest BCUT2D eigenvalue weighted by Crippen LogP contribution is -2.47. The molecule has 7 nitrogen and oxygen atoms in total. The van der Waals surface area contributed by atoms with Crippen LogP contribution in [0.3, 0.4) is 0 Å². The number of ether oxygens (including phenoxy) is 1. The highest BCUT2D eigenvalue weighted by Gasteiger charge is 2.28. The maximum absolute atomic E-state index is 12.3. The molecule has 0 aromatic carbocycles. The summed E-state index contributed by atoms with van der Waals surface area (Å²) in [5.74, 6) is 0.860. The van der Waals surface area contributed by atoms with Crippen LogP contribution in [0.5, 0.6) is 0 Å². The average molecular weight is 430 g/mol. The lowest BCUT2D eigenvalue weighted by molar-refractivity contribution is -0.146. The fourth-order valence-electron chi connectivity index (χ4n) is 3.54. The number of ketones is 1. The van der Waals surface area contributed by atoms with Crippen molar-refractivity contribution < 1.29 is 18.8 Å². The molecule has 8 heteroatoms. The van der Waals surface area contributed by atoms with Crippen LogP contribution in [0.15, 0.2) is 28.1 Å². The molecular formula is C22H27N3O4S. The first-order chi connectivity index (χ1) is 14.7. The minimum absolute atomic E-state index is 0.0359. The number of aromatic nitrogens is 1. The van der Waals surface area contributed by atoms with Crippen LogP contribution in [0.4, 0.5) is 0 Å². The van der Waals surface area contributed by atoms with Crippen molar-refractivity contribution in [2.45, 2.75) is 44.9 Å². The summed E-state index contributed by atoms with van der Waals surface area (Å²) in [6.07, 6.45) is 5.25. The summed E-state index contributed by atoms with van der Waals surface area (Å²) >= 11 is 1.56. The van der Waals surface area contributed by atoms with Crippen LogP contribution in [0.25, 0.3) is 10.6 Å². The number of carbonyl (C=O) groups excluding carboxylic acids is 2. The molecule has 0 spiro atoms. The van der Waals surface area contributed by atoms with E-state index in [1.165, 1.54) is 0 Å². The maximum Gasteiger partial charge on any atom is 0.306 e. The molecule has 1 saturated heterocycles. The zero-order valence-electron chi connectivity index (χ0n) is 17.0. The second kappa shape index (κ2) is 11.6. The monoisotopic (exact) mass is 429 g/mol. The van der Waals surface area contributed by atoms with E-state index < -0.39 is 0 Å². The summed E-state index contributed by atoms with van der Waals surface area (Å²) in [6.45, 7) is 3.09. The van der Waals surface area contributed by atoms with E-state index in [0.29, 0.717) is 30.2 Å². The number of likely N-dealkylation sites (tertiary alicyclic amines) is 1. The zero-order valence-corrected chi connectivity index (χ0v) is 17.9. The molecule has 3 heterocycles. The Kier molecular flexibility index (Phi) is 8.60. The highest BCUT2D eigenvalue weighted by molar-refractivity contribution is 7.13. The molecule has 3 rings (SSSR count). The van der Waals surface area contributed by atoms with Gasteiger partial charge in [0.25, 0.3) is 0 Å². The van der Waals surface area contributed by atoms with Gasteiger partial charge in [-0.15, -0.1) is 11.3 Å². The van der Waals surface area contributed by atoms with E-state index in [0.717, 1.165) is 50.2 Å². The average Bonchev–Trinajstić information content (AvgIpc) is 3.40. The molecule has 0 N–H and O–H groups in total. The van der Waals surface area contributed by atoms with Crippen molar-refractivity contribution >= 4 is 23.1 Å². The Morgan fingerprint density at radius 3 is 2.90 bits per heavy atom. The number of nitrogens with zero attached hydrogens (tertiary/aromatic N) is 3. The third-order valence-electron chi connectivity index (χ3n) is 5.15. The van der Waals surface area contributed by atoms with Crippen LogP contribution in [0.1, 0.15) is 55.4 Å². The standard InChI is InChI=1S/C22H27N3O4S/c23-9-6-11-28-22(27)13-17-15-25(16-17)10-4-2-1-3-7-19(26)18-14-20(29-24-18)21-8-5-12-30-21/h5,8,12,14,17H,1-4,6-7,10-11,13,15-16H2. The molecule has 2 aromatic rings. The third-order valence-corrected chi connectivity index (χ3v) is 6.04. The van der Waals surface area contributed by atoms with Gasteiger partial charge in [-0.05, 0) is 36.8 Å². The highest BCUT2D eigenvalue weighted by Crippen LogP contribution is 2.25. The highest BCUT2D eigenvalue weighted by atomic mass is 32.1. The van der Waals surface area contributed by atoms with E-state index in [1.54, 1.807) is 17.4 Å². The number of hydrogen-bond acceptors (Lipinski definition) is 8.